The van der Waals surface area contributed by atoms with Gasteiger partial charge in [-0.05, 0) is 42.3 Å². The molecule has 120 valence electrons. The van der Waals surface area contributed by atoms with Gasteiger partial charge in [-0.15, -0.1) is 0 Å². The molecule has 0 saturated heterocycles. The predicted octanol–water partition coefficient (Wildman–Crippen LogP) is 4.65. The fourth-order valence-electron chi connectivity index (χ4n) is 2.58. The molecule has 3 rings (SSSR count). The van der Waals surface area contributed by atoms with E-state index in [1.807, 2.05) is 49.4 Å². The fraction of sp³-hybridized carbons (Fsp3) is 0.0952. The molecule has 0 radical (unpaired) electrons. The van der Waals surface area contributed by atoms with Gasteiger partial charge in [0.15, 0.2) is 0 Å². The van der Waals surface area contributed by atoms with E-state index in [0.717, 1.165) is 16.7 Å². The Kier molecular flexibility index (Phi) is 4.71. The van der Waals surface area contributed by atoms with Crippen LogP contribution < -0.4 is 5.32 Å². The van der Waals surface area contributed by atoms with Crippen LogP contribution in [0.1, 0.15) is 33.1 Å². The van der Waals surface area contributed by atoms with Gasteiger partial charge in [0, 0.05) is 5.56 Å². The van der Waals surface area contributed by atoms with E-state index in [9.17, 15) is 9.18 Å². The van der Waals surface area contributed by atoms with Crippen LogP contribution in [0.15, 0.2) is 78.9 Å². The summed E-state index contributed by atoms with van der Waals surface area (Å²) in [5.74, 6) is -0.455. The number of carbonyl (C=O) groups excluding carboxylic acids is 1. The second-order valence-corrected chi connectivity index (χ2v) is 5.73. The van der Waals surface area contributed by atoms with Gasteiger partial charge in [0.1, 0.15) is 5.82 Å². The Labute approximate surface area is 141 Å². The van der Waals surface area contributed by atoms with E-state index in [-0.39, 0.29) is 17.8 Å². The van der Waals surface area contributed by atoms with Crippen molar-refractivity contribution in [3.8, 4) is 0 Å². The number of rotatable bonds is 4. The zero-order chi connectivity index (χ0) is 16.9. The summed E-state index contributed by atoms with van der Waals surface area (Å²) in [6.07, 6.45) is 0. The number of hydrogen-bond donors (Lipinski definition) is 1. The monoisotopic (exact) mass is 319 g/mol. The molecule has 1 amide bonds. The normalized spacial score (nSPS) is 11.8. The van der Waals surface area contributed by atoms with E-state index in [1.165, 1.54) is 12.1 Å². The quantitative estimate of drug-likeness (QED) is 0.745. The smallest absolute Gasteiger partial charge is 0.252 e. The lowest BCUT2D eigenvalue weighted by Gasteiger charge is -2.20. The van der Waals surface area contributed by atoms with Crippen LogP contribution in [0.25, 0.3) is 0 Å². The minimum Gasteiger partial charge on any atom is -0.341 e. The average Bonchev–Trinajstić information content (AvgIpc) is 2.62. The average molecular weight is 319 g/mol. The van der Waals surface area contributed by atoms with E-state index in [1.54, 1.807) is 24.3 Å². The zero-order valence-electron chi connectivity index (χ0n) is 13.4. The Morgan fingerprint density at radius 1 is 0.833 bits per heavy atom. The van der Waals surface area contributed by atoms with Crippen molar-refractivity contribution in [1.82, 2.24) is 5.32 Å². The summed E-state index contributed by atoms with van der Waals surface area (Å²) in [6, 6.07) is 23.0. The van der Waals surface area contributed by atoms with Crippen molar-refractivity contribution in [2.45, 2.75) is 13.0 Å². The highest BCUT2D eigenvalue weighted by Crippen LogP contribution is 2.23. The van der Waals surface area contributed by atoms with Crippen LogP contribution in [0.4, 0.5) is 4.39 Å². The second kappa shape index (κ2) is 7.09. The molecule has 0 aliphatic heterocycles. The molecule has 0 spiro atoms. The number of carbonyl (C=O) groups is 1. The summed E-state index contributed by atoms with van der Waals surface area (Å²) in [5.41, 5.74) is 3.49. The molecule has 3 aromatic rings. The van der Waals surface area contributed by atoms with E-state index >= 15 is 0 Å². The molecule has 0 aromatic heterocycles. The molecule has 0 heterocycles. The Morgan fingerprint density at radius 3 is 2.04 bits per heavy atom. The largest absolute Gasteiger partial charge is 0.341 e. The lowest BCUT2D eigenvalue weighted by atomic mass is 9.98. The minimum absolute atomic E-state index is 0.159. The highest BCUT2D eigenvalue weighted by Gasteiger charge is 2.17. The van der Waals surface area contributed by atoms with Crippen LogP contribution in [0.3, 0.4) is 0 Å². The molecule has 1 atom stereocenters. The van der Waals surface area contributed by atoms with Crippen LogP contribution in [-0.4, -0.2) is 5.91 Å². The fourth-order valence-corrected chi connectivity index (χ4v) is 2.58. The molecule has 2 nitrogen and oxygen atoms in total. The van der Waals surface area contributed by atoms with E-state index in [0.29, 0.717) is 5.56 Å². The van der Waals surface area contributed by atoms with Gasteiger partial charge in [-0.3, -0.25) is 4.79 Å². The molecule has 1 unspecified atom stereocenters. The third-order valence-electron chi connectivity index (χ3n) is 3.93. The Balaban J connectivity index is 1.91. The summed E-state index contributed by atoms with van der Waals surface area (Å²) in [7, 11) is 0. The molecule has 3 heteroatoms. The van der Waals surface area contributed by atoms with E-state index in [2.05, 4.69) is 5.32 Å². The summed E-state index contributed by atoms with van der Waals surface area (Å²) >= 11 is 0. The highest BCUT2D eigenvalue weighted by molar-refractivity contribution is 5.94. The van der Waals surface area contributed by atoms with Gasteiger partial charge in [0.05, 0.1) is 6.04 Å². The van der Waals surface area contributed by atoms with Crippen molar-refractivity contribution in [1.29, 1.82) is 0 Å². The molecule has 1 N–H and O–H groups in total. The summed E-state index contributed by atoms with van der Waals surface area (Å²) < 4.78 is 13.2. The van der Waals surface area contributed by atoms with Crippen molar-refractivity contribution in [3.05, 3.63) is 107 Å². The van der Waals surface area contributed by atoms with Gasteiger partial charge in [0.25, 0.3) is 5.91 Å². The third kappa shape index (κ3) is 3.69. The van der Waals surface area contributed by atoms with Crippen LogP contribution in [-0.2, 0) is 0 Å². The molecule has 0 aliphatic rings. The number of amides is 1. The lowest BCUT2D eigenvalue weighted by molar-refractivity contribution is 0.0943. The SMILES string of the molecule is Cc1ccc(C(=O)NC(c2ccccc2)c2ccc(F)cc2)cc1. The number of hydrogen-bond acceptors (Lipinski definition) is 1. The second-order valence-electron chi connectivity index (χ2n) is 5.73. The molecule has 0 bridgehead atoms. The molecule has 0 aliphatic carbocycles. The van der Waals surface area contributed by atoms with Crippen LogP contribution in [0.2, 0.25) is 0 Å². The first-order valence-corrected chi connectivity index (χ1v) is 7.81. The third-order valence-corrected chi connectivity index (χ3v) is 3.93. The molecule has 3 aromatic carbocycles. The van der Waals surface area contributed by atoms with Crippen molar-refractivity contribution < 1.29 is 9.18 Å². The first-order valence-electron chi connectivity index (χ1n) is 7.81. The Hall–Kier alpha value is -2.94. The lowest BCUT2D eigenvalue weighted by Crippen LogP contribution is -2.29. The molecular formula is C21H18FNO. The van der Waals surface area contributed by atoms with Gasteiger partial charge in [-0.1, -0.05) is 60.2 Å². The number of nitrogens with one attached hydrogen (secondary N) is 1. The molecule has 24 heavy (non-hydrogen) atoms. The Morgan fingerprint density at radius 2 is 1.42 bits per heavy atom. The van der Waals surface area contributed by atoms with Gasteiger partial charge < -0.3 is 5.32 Å². The van der Waals surface area contributed by atoms with Crippen LogP contribution >= 0.6 is 0 Å². The zero-order valence-corrected chi connectivity index (χ0v) is 13.4. The summed E-state index contributed by atoms with van der Waals surface area (Å²) in [6.45, 7) is 1.98. The van der Waals surface area contributed by atoms with Crippen LogP contribution in [0, 0.1) is 12.7 Å². The van der Waals surface area contributed by atoms with Gasteiger partial charge in [-0.2, -0.15) is 0 Å². The first-order chi connectivity index (χ1) is 11.6. The highest BCUT2D eigenvalue weighted by atomic mass is 19.1. The number of aryl methyl sites for hydroxylation is 1. The van der Waals surface area contributed by atoms with Crippen molar-refractivity contribution >= 4 is 5.91 Å². The Bertz CT molecular complexity index is 811. The maximum atomic E-state index is 13.2. The summed E-state index contributed by atoms with van der Waals surface area (Å²) in [5, 5.41) is 3.04. The van der Waals surface area contributed by atoms with Crippen molar-refractivity contribution in [2.75, 3.05) is 0 Å². The standard InChI is InChI=1S/C21H18FNO/c1-15-7-9-18(10-8-15)21(24)23-20(16-5-3-2-4-6-16)17-11-13-19(22)14-12-17/h2-14,20H,1H3,(H,23,24). The molecular weight excluding hydrogens is 301 g/mol. The minimum atomic E-state index is -0.333. The predicted molar refractivity (Wildman–Crippen MR) is 93.3 cm³/mol. The van der Waals surface area contributed by atoms with Crippen molar-refractivity contribution in [2.24, 2.45) is 0 Å². The molecule has 0 fully saturated rings. The topological polar surface area (TPSA) is 29.1 Å². The number of halogens is 1. The van der Waals surface area contributed by atoms with Crippen molar-refractivity contribution in [3.63, 3.8) is 0 Å². The van der Waals surface area contributed by atoms with Gasteiger partial charge in [0.2, 0.25) is 0 Å². The molecule has 0 saturated carbocycles. The first kappa shape index (κ1) is 15.9. The van der Waals surface area contributed by atoms with Gasteiger partial charge >= 0.3 is 0 Å². The van der Waals surface area contributed by atoms with Crippen LogP contribution in [0.5, 0.6) is 0 Å². The van der Waals surface area contributed by atoms with E-state index in [4.69, 9.17) is 0 Å². The number of benzene rings is 3. The maximum Gasteiger partial charge on any atom is 0.252 e. The van der Waals surface area contributed by atoms with E-state index < -0.39 is 0 Å². The van der Waals surface area contributed by atoms with Gasteiger partial charge in [-0.25, -0.2) is 4.39 Å². The summed E-state index contributed by atoms with van der Waals surface area (Å²) in [4.78, 5) is 12.6. The maximum absolute atomic E-state index is 13.2.